The van der Waals surface area contributed by atoms with Crippen LogP contribution in [0.4, 0.5) is 19.0 Å². The first kappa shape index (κ1) is 22.4. The summed E-state index contributed by atoms with van der Waals surface area (Å²) in [5.41, 5.74) is -4.17. The Kier molecular flexibility index (Phi) is 4.29. The number of carbonyl (C=O) groups is 1. The van der Waals surface area contributed by atoms with Gasteiger partial charge in [0.2, 0.25) is 0 Å². The van der Waals surface area contributed by atoms with Crippen LogP contribution in [0.3, 0.4) is 0 Å². The number of aromatic nitrogens is 1. The van der Waals surface area contributed by atoms with E-state index in [1.807, 2.05) is 0 Å². The highest BCUT2D eigenvalue weighted by Crippen LogP contribution is 2.66. The van der Waals surface area contributed by atoms with Crippen LogP contribution in [0.15, 0.2) is 6.20 Å². The van der Waals surface area contributed by atoms with Crippen LogP contribution in [0.1, 0.15) is 91.1 Å². The minimum absolute atomic E-state index is 0.0382. The number of halogens is 3. The lowest BCUT2D eigenvalue weighted by atomic mass is 9.49. The molecule has 1 aromatic heterocycles. The highest BCUT2D eigenvalue weighted by Gasteiger charge is 2.70. The van der Waals surface area contributed by atoms with Gasteiger partial charge in [0, 0.05) is 68.9 Å². The second-order valence-corrected chi connectivity index (χ2v) is 14.7. The van der Waals surface area contributed by atoms with Crippen molar-refractivity contribution in [3.8, 4) is 0 Å². The Morgan fingerprint density at radius 3 is 2.03 bits per heavy atom. The van der Waals surface area contributed by atoms with E-state index in [1.165, 1.54) is 6.20 Å². The van der Waals surface area contributed by atoms with Crippen molar-refractivity contribution in [1.82, 2.24) is 9.88 Å². The quantitative estimate of drug-likeness (QED) is 0.667. The van der Waals surface area contributed by atoms with Gasteiger partial charge in [-0.15, -0.1) is 0 Å². The lowest BCUT2D eigenvalue weighted by molar-refractivity contribution is -0.183. The topological polar surface area (TPSA) is 79.4 Å². The summed E-state index contributed by atoms with van der Waals surface area (Å²) in [7, 11) is -3.11. The number of hydrogen-bond acceptors (Lipinski definition) is 5. The molecule has 0 aromatic carbocycles. The molecular formula is C25H30F3N3O3S. The number of alkyl halides is 3. The molecule has 2 heterocycles. The van der Waals surface area contributed by atoms with Crippen LogP contribution < -0.4 is 5.32 Å². The SMILES string of the molecule is O=C(c1cnc(NC23CC4(F)CC(F)(CC(F)(C4)C2)C3)c2c1C1CCC2C1)N1CCS(=O)(=O)CC1. The van der Waals surface area contributed by atoms with Gasteiger partial charge in [-0.2, -0.15) is 0 Å². The van der Waals surface area contributed by atoms with Gasteiger partial charge < -0.3 is 10.2 Å². The van der Waals surface area contributed by atoms with Crippen LogP contribution in [0.25, 0.3) is 0 Å². The molecule has 8 rings (SSSR count). The summed E-state index contributed by atoms with van der Waals surface area (Å²) in [6, 6.07) is 0. The molecule has 1 saturated heterocycles. The minimum atomic E-state index is -3.11. The Labute approximate surface area is 203 Å². The lowest BCUT2D eigenvalue weighted by Crippen LogP contribution is -2.70. The molecule has 1 aliphatic heterocycles. The summed E-state index contributed by atoms with van der Waals surface area (Å²) >= 11 is 0. The zero-order valence-electron chi connectivity index (χ0n) is 19.6. The maximum Gasteiger partial charge on any atom is 0.255 e. The zero-order valence-corrected chi connectivity index (χ0v) is 20.4. The number of nitrogens with one attached hydrogen (secondary N) is 1. The van der Waals surface area contributed by atoms with Crippen molar-refractivity contribution < 1.29 is 26.4 Å². The normalized spacial score (nSPS) is 44.5. The van der Waals surface area contributed by atoms with Gasteiger partial charge in [-0.05, 0) is 36.7 Å². The second-order valence-electron chi connectivity index (χ2n) is 12.4. The predicted molar refractivity (Wildman–Crippen MR) is 124 cm³/mol. The summed E-state index contributed by atoms with van der Waals surface area (Å²) < 4.78 is 70.3. The zero-order chi connectivity index (χ0) is 24.4. The maximum absolute atomic E-state index is 15.5. The molecule has 6 bridgehead atoms. The summed E-state index contributed by atoms with van der Waals surface area (Å²) in [6.07, 6.45) is 3.91. The summed E-state index contributed by atoms with van der Waals surface area (Å²) in [5.74, 6) is 0.697. The molecule has 7 aliphatic rings. The fraction of sp³-hybridized carbons (Fsp3) is 0.760. The first-order valence-corrected chi connectivity index (χ1v) is 14.6. The minimum Gasteiger partial charge on any atom is -0.364 e. The van der Waals surface area contributed by atoms with Crippen LogP contribution in [0.5, 0.6) is 0 Å². The average Bonchev–Trinajstić information content (AvgIpc) is 3.32. The van der Waals surface area contributed by atoms with E-state index < -0.39 is 32.4 Å². The molecule has 0 spiro atoms. The Morgan fingerprint density at radius 1 is 0.914 bits per heavy atom. The van der Waals surface area contributed by atoms with E-state index >= 15 is 13.2 Å². The third-order valence-corrected chi connectivity index (χ3v) is 11.1. The Bertz CT molecular complexity index is 1190. The first-order valence-electron chi connectivity index (χ1n) is 12.8. The molecule has 1 amide bonds. The highest BCUT2D eigenvalue weighted by molar-refractivity contribution is 7.91. The molecule has 190 valence electrons. The van der Waals surface area contributed by atoms with Gasteiger partial charge in [-0.3, -0.25) is 4.79 Å². The standard InChI is InChI=1S/C25H30F3N3O3S/c26-22-9-23(27)11-24(28,10-22)14-25(12-22,13-23)30-20-19-16-2-1-15(7-16)18(19)17(8-29-20)21(32)31-3-5-35(33,34)6-4-31/h8,15-16H,1-7,9-14H2,(H,29,30). The Hall–Kier alpha value is -1.84. The van der Waals surface area contributed by atoms with Gasteiger partial charge >= 0.3 is 0 Å². The van der Waals surface area contributed by atoms with Crippen molar-refractivity contribution in [2.24, 2.45) is 0 Å². The summed E-state index contributed by atoms with van der Waals surface area (Å²) in [6.45, 7) is 0.339. The fourth-order valence-electron chi connectivity index (χ4n) is 8.91. The maximum atomic E-state index is 15.5. The first-order chi connectivity index (χ1) is 16.4. The molecule has 1 aromatic rings. The predicted octanol–water partition coefficient (Wildman–Crippen LogP) is 3.97. The van der Waals surface area contributed by atoms with Crippen LogP contribution in [0.2, 0.25) is 0 Å². The number of rotatable bonds is 3. The van der Waals surface area contributed by atoms with Crippen molar-refractivity contribution in [3.63, 3.8) is 0 Å². The van der Waals surface area contributed by atoms with Crippen molar-refractivity contribution >= 4 is 21.6 Å². The number of fused-ring (bicyclic) bond motifs is 5. The molecule has 6 fully saturated rings. The van der Waals surface area contributed by atoms with Gasteiger partial charge in [-0.1, -0.05) is 0 Å². The Morgan fingerprint density at radius 2 is 1.46 bits per heavy atom. The largest absolute Gasteiger partial charge is 0.364 e. The van der Waals surface area contributed by atoms with Crippen LogP contribution in [-0.2, 0) is 9.84 Å². The van der Waals surface area contributed by atoms with E-state index in [1.54, 1.807) is 4.90 Å². The van der Waals surface area contributed by atoms with E-state index in [4.69, 9.17) is 0 Å². The van der Waals surface area contributed by atoms with Crippen LogP contribution in [0, 0.1) is 0 Å². The van der Waals surface area contributed by atoms with Crippen molar-refractivity contribution in [2.75, 3.05) is 29.9 Å². The number of sulfone groups is 1. The third-order valence-electron chi connectivity index (χ3n) is 9.52. The third kappa shape index (κ3) is 3.37. The molecule has 6 aliphatic carbocycles. The molecule has 0 radical (unpaired) electrons. The molecular weight excluding hydrogens is 479 g/mol. The smallest absolute Gasteiger partial charge is 0.255 e. The van der Waals surface area contributed by atoms with Gasteiger partial charge in [0.25, 0.3) is 5.91 Å². The van der Waals surface area contributed by atoms with Crippen molar-refractivity contribution in [1.29, 1.82) is 0 Å². The molecule has 2 unspecified atom stereocenters. The van der Waals surface area contributed by atoms with Gasteiger partial charge in [0.15, 0.2) is 9.84 Å². The second kappa shape index (κ2) is 6.72. The molecule has 6 nitrogen and oxygen atoms in total. The molecule has 10 heteroatoms. The van der Waals surface area contributed by atoms with Crippen LogP contribution >= 0.6 is 0 Å². The molecule has 35 heavy (non-hydrogen) atoms. The van der Waals surface area contributed by atoms with E-state index in [-0.39, 0.29) is 80.9 Å². The molecule has 5 saturated carbocycles. The fourth-order valence-corrected chi connectivity index (χ4v) is 10.1. The average molecular weight is 510 g/mol. The van der Waals surface area contributed by atoms with Gasteiger partial charge in [-0.25, -0.2) is 26.6 Å². The molecule has 2 atom stereocenters. The number of amides is 1. The van der Waals surface area contributed by atoms with E-state index in [0.717, 1.165) is 30.4 Å². The van der Waals surface area contributed by atoms with Crippen molar-refractivity contribution in [3.05, 3.63) is 22.9 Å². The number of nitrogens with zero attached hydrogens (tertiary/aromatic N) is 2. The van der Waals surface area contributed by atoms with Crippen molar-refractivity contribution in [2.45, 2.75) is 92.2 Å². The summed E-state index contributed by atoms with van der Waals surface area (Å²) in [5, 5.41) is 3.37. The number of hydrogen-bond donors (Lipinski definition) is 1. The van der Waals surface area contributed by atoms with Gasteiger partial charge in [0.05, 0.1) is 17.1 Å². The highest BCUT2D eigenvalue weighted by atomic mass is 32.2. The van der Waals surface area contributed by atoms with Gasteiger partial charge in [0.1, 0.15) is 22.8 Å². The number of carbonyl (C=O) groups excluding carboxylic acids is 1. The van der Waals surface area contributed by atoms with Crippen LogP contribution in [-0.4, -0.2) is 71.3 Å². The van der Waals surface area contributed by atoms with E-state index in [9.17, 15) is 13.2 Å². The Balaban J connectivity index is 1.24. The number of anilines is 1. The number of pyridine rings is 1. The lowest BCUT2D eigenvalue weighted by Gasteiger charge is -2.63. The monoisotopic (exact) mass is 509 g/mol. The molecule has 1 N–H and O–H groups in total. The van der Waals surface area contributed by atoms with E-state index in [2.05, 4.69) is 10.3 Å². The van der Waals surface area contributed by atoms with E-state index in [0.29, 0.717) is 11.4 Å². The summed E-state index contributed by atoms with van der Waals surface area (Å²) in [4.78, 5) is 19.6.